The SMILES string of the molecule is COCC(CC(=O)O)c1ccc(N(CC2CC2)C2CCOCC2)c(NC(=O)Nc2ccc(C)cc2)c1. The highest BCUT2D eigenvalue weighted by Gasteiger charge is 2.31. The summed E-state index contributed by atoms with van der Waals surface area (Å²) in [7, 11) is 1.57. The van der Waals surface area contributed by atoms with E-state index in [0.717, 1.165) is 49.4 Å². The molecule has 8 heteroatoms. The Morgan fingerprint density at radius 1 is 1.08 bits per heavy atom. The Balaban J connectivity index is 1.65. The van der Waals surface area contributed by atoms with Gasteiger partial charge in [0.05, 0.1) is 24.4 Å². The summed E-state index contributed by atoms with van der Waals surface area (Å²) in [6.45, 7) is 4.69. The van der Waals surface area contributed by atoms with Gasteiger partial charge in [0, 0.05) is 44.5 Å². The van der Waals surface area contributed by atoms with Crippen LogP contribution in [0.5, 0.6) is 0 Å². The van der Waals surface area contributed by atoms with Crippen molar-refractivity contribution in [1.82, 2.24) is 0 Å². The predicted octanol–water partition coefficient (Wildman–Crippen LogP) is 5.24. The van der Waals surface area contributed by atoms with E-state index in [4.69, 9.17) is 9.47 Å². The maximum Gasteiger partial charge on any atom is 0.323 e. The summed E-state index contributed by atoms with van der Waals surface area (Å²) in [5.74, 6) is -0.539. The number of carboxylic acids is 1. The van der Waals surface area contributed by atoms with Gasteiger partial charge in [-0.3, -0.25) is 4.79 Å². The zero-order valence-corrected chi connectivity index (χ0v) is 21.2. The van der Waals surface area contributed by atoms with E-state index < -0.39 is 5.97 Å². The van der Waals surface area contributed by atoms with Gasteiger partial charge in [-0.25, -0.2) is 4.79 Å². The number of ether oxygens (including phenoxy) is 2. The van der Waals surface area contributed by atoms with Gasteiger partial charge in [-0.2, -0.15) is 0 Å². The van der Waals surface area contributed by atoms with Gasteiger partial charge in [0.15, 0.2) is 0 Å². The summed E-state index contributed by atoms with van der Waals surface area (Å²) in [4.78, 5) is 27.0. The largest absolute Gasteiger partial charge is 0.481 e. The first-order valence-electron chi connectivity index (χ1n) is 12.8. The van der Waals surface area contributed by atoms with E-state index in [-0.39, 0.29) is 25.0 Å². The van der Waals surface area contributed by atoms with E-state index in [1.165, 1.54) is 12.8 Å². The fourth-order valence-electron chi connectivity index (χ4n) is 4.78. The molecule has 1 unspecified atom stereocenters. The third-order valence-corrected chi connectivity index (χ3v) is 6.93. The van der Waals surface area contributed by atoms with Crippen LogP contribution >= 0.6 is 0 Å². The van der Waals surface area contributed by atoms with Crippen molar-refractivity contribution >= 4 is 29.1 Å². The average Bonchev–Trinajstić information content (AvgIpc) is 3.68. The Labute approximate surface area is 213 Å². The standard InChI is InChI=1S/C28H37N3O5/c1-19-3-8-23(9-4-19)29-28(34)30-25-15-21(22(18-35-2)16-27(32)33)7-10-26(25)31(17-20-5-6-20)24-11-13-36-14-12-24/h3-4,7-10,15,20,22,24H,5-6,11-14,16-18H2,1-2H3,(H,32,33)(H2,29,30,34). The van der Waals surface area contributed by atoms with E-state index in [2.05, 4.69) is 15.5 Å². The minimum Gasteiger partial charge on any atom is -0.481 e. The fourth-order valence-corrected chi connectivity index (χ4v) is 4.78. The van der Waals surface area contributed by atoms with Crippen LogP contribution in [0.4, 0.5) is 21.9 Å². The van der Waals surface area contributed by atoms with Crippen LogP contribution in [0.3, 0.4) is 0 Å². The lowest BCUT2D eigenvalue weighted by molar-refractivity contribution is -0.137. The number of amides is 2. The molecule has 2 aromatic carbocycles. The van der Waals surface area contributed by atoms with Crippen molar-refractivity contribution in [2.24, 2.45) is 5.92 Å². The molecule has 3 N–H and O–H groups in total. The maximum absolute atomic E-state index is 13.1. The van der Waals surface area contributed by atoms with Crippen LogP contribution in [-0.2, 0) is 14.3 Å². The second kappa shape index (κ2) is 12.2. The number of benzene rings is 2. The zero-order chi connectivity index (χ0) is 25.5. The molecule has 36 heavy (non-hydrogen) atoms. The molecule has 1 aliphatic heterocycles. The Morgan fingerprint density at radius 3 is 2.44 bits per heavy atom. The number of aliphatic carboxylic acids is 1. The number of hydrogen-bond donors (Lipinski definition) is 3. The summed E-state index contributed by atoms with van der Waals surface area (Å²) in [6.07, 6.45) is 4.28. The molecule has 8 nitrogen and oxygen atoms in total. The van der Waals surface area contributed by atoms with E-state index in [1.807, 2.05) is 49.4 Å². The third kappa shape index (κ3) is 7.21. The predicted molar refractivity (Wildman–Crippen MR) is 141 cm³/mol. The Hall–Kier alpha value is -3.10. The number of nitrogens with one attached hydrogen (secondary N) is 2. The molecule has 2 amide bonds. The molecular weight excluding hydrogens is 458 g/mol. The Bertz CT molecular complexity index is 1030. The number of methoxy groups -OCH3 is 1. The van der Waals surface area contributed by atoms with Gasteiger partial charge in [-0.15, -0.1) is 0 Å². The average molecular weight is 496 g/mol. The number of nitrogens with zero attached hydrogens (tertiary/aromatic N) is 1. The van der Waals surface area contributed by atoms with Crippen LogP contribution < -0.4 is 15.5 Å². The van der Waals surface area contributed by atoms with Gasteiger partial charge in [0.1, 0.15) is 0 Å². The highest BCUT2D eigenvalue weighted by atomic mass is 16.5. The molecular formula is C28H37N3O5. The first kappa shape index (κ1) is 26.0. The Morgan fingerprint density at radius 2 is 1.81 bits per heavy atom. The number of carboxylic acid groups (broad SMARTS) is 1. The molecule has 0 spiro atoms. The van der Waals surface area contributed by atoms with Crippen molar-refractivity contribution in [1.29, 1.82) is 0 Å². The lowest BCUT2D eigenvalue weighted by Gasteiger charge is -2.37. The van der Waals surface area contributed by atoms with Crippen molar-refractivity contribution < 1.29 is 24.2 Å². The van der Waals surface area contributed by atoms with Crippen LogP contribution in [0.2, 0.25) is 0 Å². The summed E-state index contributed by atoms with van der Waals surface area (Å²) in [5, 5.41) is 15.4. The second-order valence-electron chi connectivity index (χ2n) is 9.91. The van der Waals surface area contributed by atoms with Gasteiger partial charge in [-0.05, 0) is 68.4 Å². The van der Waals surface area contributed by atoms with Crippen LogP contribution in [0.1, 0.15) is 49.1 Å². The molecule has 1 atom stereocenters. The summed E-state index contributed by atoms with van der Waals surface area (Å²) < 4.78 is 10.9. The van der Waals surface area contributed by atoms with E-state index in [0.29, 0.717) is 23.3 Å². The van der Waals surface area contributed by atoms with E-state index >= 15 is 0 Å². The van der Waals surface area contributed by atoms with Crippen LogP contribution in [0.25, 0.3) is 0 Å². The van der Waals surface area contributed by atoms with Gasteiger partial charge in [0.2, 0.25) is 0 Å². The molecule has 0 bridgehead atoms. The smallest absolute Gasteiger partial charge is 0.323 e. The molecule has 1 saturated carbocycles. The molecule has 0 radical (unpaired) electrons. The lowest BCUT2D eigenvalue weighted by Crippen LogP contribution is -2.41. The number of aryl methyl sites for hydroxylation is 1. The van der Waals surface area contributed by atoms with Crippen molar-refractivity contribution in [3.05, 3.63) is 53.6 Å². The highest BCUT2D eigenvalue weighted by Crippen LogP contribution is 2.38. The molecule has 2 fully saturated rings. The van der Waals surface area contributed by atoms with Gasteiger partial charge >= 0.3 is 12.0 Å². The van der Waals surface area contributed by atoms with E-state index in [9.17, 15) is 14.7 Å². The molecule has 1 aliphatic carbocycles. The Kier molecular flexibility index (Phi) is 8.83. The summed E-state index contributed by atoms with van der Waals surface area (Å²) >= 11 is 0. The van der Waals surface area contributed by atoms with Crippen LogP contribution in [-0.4, -0.2) is 56.6 Å². The van der Waals surface area contributed by atoms with Crippen LogP contribution in [0.15, 0.2) is 42.5 Å². The minimum absolute atomic E-state index is 0.0477. The molecule has 1 saturated heterocycles. The number of rotatable bonds is 11. The topological polar surface area (TPSA) is 100 Å². The summed E-state index contributed by atoms with van der Waals surface area (Å²) in [5.41, 5.74) is 4.29. The van der Waals surface area contributed by atoms with Crippen molar-refractivity contribution in [2.45, 2.75) is 51.0 Å². The molecule has 194 valence electrons. The quantitative estimate of drug-likeness (QED) is 0.394. The number of urea groups is 1. The first-order chi connectivity index (χ1) is 17.4. The molecule has 1 heterocycles. The molecule has 0 aromatic heterocycles. The number of hydrogen-bond acceptors (Lipinski definition) is 5. The van der Waals surface area contributed by atoms with Gasteiger partial charge in [0.25, 0.3) is 0 Å². The van der Waals surface area contributed by atoms with Gasteiger partial charge < -0.3 is 30.1 Å². The van der Waals surface area contributed by atoms with Crippen molar-refractivity contribution in [3.63, 3.8) is 0 Å². The highest BCUT2D eigenvalue weighted by molar-refractivity contribution is 6.02. The van der Waals surface area contributed by atoms with Crippen LogP contribution in [0, 0.1) is 12.8 Å². The minimum atomic E-state index is -0.884. The summed E-state index contributed by atoms with van der Waals surface area (Å²) in [6, 6.07) is 13.6. The number of anilines is 3. The first-order valence-corrected chi connectivity index (χ1v) is 12.8. The molecule has 4 rings (SSSR count). The maximum atomic E-state index is 13.1. The molecule has 2 aliphatic rings. The van der Waals surface area contributed by atoms with Crippen molar-refractivity contribution in [2.75, 3.05) is 49.0 Å². The lowest BCUT2D eigenvalue weighted by atomic mass is 9.94. The monoisotopic (exact) mass is 495 g/mol. The van der Waals surface area contributed by atoms with Gasteiger partial charge in [-0.1, -0.05) is 23.8 Å². The van der Waals surface area contributed by atoms with E-state index in [1.54, 1.807) is 7.11 Å². The zero-order valence-electron chi connectivity index (χ0n) is 21.2. The normalized spacial score (nSPS) is 16.8. The fraction of sp³-hybridized carbons (Fsp3) is 0.500. The molecule has 2 aromatic rings. The van der Waals surface area contributed by atoms with Crippen molar-refractivity contribution in [3.8, 4) is 0 Å². The number of carbonyl (C=O) groups is 2. The second-order valence-corrected chi connectivity index (χ2v) is 9.91. The number of carbonyl (C=O) groups excluding carboxylic acids is 1. The third-order valence-electron chi connectivity index (χ3n) is 6.93.